The average molecular weight is 245 g/mol. The Labute approximate surface area is 100 Å². The van der Waals surface area contributed by atoms with Crippen molar-refractivity contribution in [2.45, 2.75) is 37.8 Å². The van der Waals surface area contributed by atoms with Gasteiger partial charge in [-0.1, -0.05) is 0 Å². The molecule has 0 aromatic heterocycles. The lowest BCUT2D eigenvalue weighted by Crippen LogP contribution is -2.41. The van der Waals surface area contributed by atoms with Gasteiger partial charge in [0.25, 0.3) is 0 Å². The third kappa shape index (κ3) is 4.60. The summed E-state index contributed by atoms with van der Waals surface area (Å²) in [6.45, 7) is 0. The molecule has 0 aromatic rings. The first-order valence-corrected chi connectivity index (χ1v) is 5.68. The molecule has 1 unspecified atom stereocenters. The Bertz CT molecular complexity index is 277. The number of ether oxygens (including phenoxy) is 2. The van der Waals surface area contributed by atoms with Crippen molar-refractivity contribution in [1.29, 1.82) is 0 Å². The standard InChI is InChI=1S/C11H19NO5/c1-16-9(7-3-4-7)6-5-8(10(13)14)12-11(15)17-2/h7-9H,3-6H2,1-2H3,(H,12,15)(H,13,14)/t8-,9?/m0/s1. The van der Waals surface area contributed by atoms with Crippen LogP contribution in [0, 0.1) is 5.92 Å². The van der Waals surface area contributed by atoms with E-state index in [2.05, 4.69) is 10.1 Å². The second-order valence-corrected chi connectivity index (χ2v) is 4.22. The lowest BCUT2D eigenvalue weighted by atomic mass is 10.0. The van der Waals surface area contributed by atoms with Crippen LogP contribution in [0.2, 0.25) is 0 Å². The van der Waals surface area contributed by atoms with E-state index in [1.54, 1.807) is 7.11 Å². The third-order valence-corrected chi connectivity index (χ3v) is 2.97. The van der Waals surface area contributed by atoms with Gasteiger partial charge in [0.1, 0.15) is 6.04 Å². The third-order valence-electron chi connectivity index (χ3n) is 2.97. The van der Waals surface area contributed by atoms with Gasteiger partial charge in [0, 0.05) is 7.11 Å². The summed E-state index contributed by atoms with van der Waals surface area (Å²) in [5.74, 6) is -0.506. The van der Waals surface area contributed by atoms with Crippen LogP contribution in [-0.4, -0.2) is 43.5 Å². The summed E-state index contributed by atoms with van der Waals surface area (Å²) < 4.78 is 9.68. The highest BCUT2D eigenvalue weighted by molar-refractivity contribution is 5.79. The van der Waals surface area contributed by atoms with Gasteiger partial charge in [-0.05, 0) is 31.6 Å². The van der Waals surface area contributed by atoms with E-state index in [-0.39, 0.29) is 6.10 Å². The number of carbonyl (C=O) groups is 2. The number of nitrogens with one attached hydrogen (secondary N) is 1. The number of rotatable bonds is 7. The molecule has 0 heterocycles. The predicted octanol–water partition coefficient (Wildman–Crippen LogP) is 1.00. The molecule has 2 N–H and O–H groups in total. The minimum Gasteiger partial charge on any atom is -0.480 e. The summed E-state index contributed by atoms with van der Waals surface area (Å²) >= 11 is 0. The molecule has 6 nitrogen and oxygen atoms in total. The number of alkyl carbamates (subject to hydrolysis) is 1. The molecule has 1 aliphatic carbocycles. The quantitative estimate of drug-likeness (QED) is 0.699. The first kappa shape index (κ1) is 13.8. The van der Waals surface area contributed by atoms with Crippen molar-refractivity contribution in [3.05, 3.63) is 0 Å². The van der Waals surface area contributed by atoms with Crippen LogP contribution in [0.4, 0.5) is 4.79 Å². The van der Waals surface area contributed by atoms with Crippen LogP contribution in [0.25, 0.3) is 0 Å². The van der Waals surface area contributed by atoms with Gasteiger partial charge in [0.05, 0.1) is 13.2 Å². The normalized spacial score (nSPS) is 18.2. The van der Waals surface area contributed by atoms with E-state index in [4.69, 9.17) is 9.84 Å². The zero-order valence-corrected chi connectivity index (χ0v) is 10.1. The maximum Gasteiger partial charge on any atom is 0.407 e. The van der Waals surface area contributed by atoms with Crippen LogP contribution in [0.15, 0.2) is 0 Å². The molecule has 0 aromatic carbocycles. The fraction of sp³-hybridized carbons (Fsp3) is 0.818. The van der Waals surface area contributed by atoms with Gasteiger partial charge in [0.15, 0.2) is 0 Å². The topological polar surface area (TPSA) is 84.9 Å². The molecule has 0 saturated heterocycles. The Morgan fingerprint density at radius 3 is 2.41 bits per heavy atom. The van der Waals surface area contributed by atoms with Gasteiger partial charge in [0.2, 0.25) is 0 Å². The monoisotopic (exact) mass is 245 g/mol. The zero-order valence-electron chi connectivity index (χ0n) is 10.1. The summed E-state index contributed by atoms with van der Waals surface area (Å²) in [4.78, 5) is 21.9. The van der Waals surface area contributed by atoms with E-state index in [1.807, 2.05) is 0 Å². The summed E-state index contributed by atoms with van der Waals surface area (Å²) in [7, 11) is 2.84. The Kier molecular flexibility index (Phi) is 5.21. The van der Waals surface area contributed by atoms with Crippen LogP contribution in [0.1, 0.15) is 25.7 Å². The fourth-order valence-electron chi connectivity index (χ4n) is 1.80. The van der Waals surface area contributed by atoms with Crippen molar-refractivity contribution in [2.24, 2.45) is 5.92 Å². The van der Waals surface area contributed by atoms with Crippen LogP contribution in [0.5, 0.6) is 0 Å². The van der Waals surface area contributed by atoms with E-state index in [9.17, 15) is 9.59 Å². The maximum absolute atomic E-state index is 11.0. The number of hydrogen-bond acceptors (Lipinski definition) is 4. The largest absolute Gasteiger partial charge is 0.480 e. The Hall–Kier alpha value is -1.30. The molecule has 2 atom stereocenters. The van der Waals surface area contributed by atoms with Gasteiger partial charge < -0.3 is 19.9 Å². The van der Waals surface area contributed by atoms with Gasteiger partial charge >= 0.3 is 12.1 Å². The van der Waals surface area contributed by atoms with E-state index in [1.165, 1.54) is 7.11 Å². The molecule has 6 heteroatoms. The van der Waals surface area contributed by atoms with Crippen molar-refractivity contribution in [1.82, 2.24) is 5.32 Å². The zero-order chi connectivity index (χ0) is 12.8. The SMILES string of the molecule is COC(=O)N[C@@H](CCC(OC)C1CC1)C(=O)O. The molecule has 1 rings (SSSR count). The molecule has 1 fully saturated rings. The summed E-state index contributed by atoms with van der Waals surface area (Å²) in [6.07, 6.45) is 2.62. The summed E-state index contributed by atoms with van der Waals surface area (Å²) in [5.41, 5.74) is 0. The smallest absolute Gasteiger partial charge is 0.407 e. The number of hydrogen-bond donors (Lipinski definition) is 2. The molecule has 0 bridgehead atoms. The molecule has 17 heavy (non-hydrogen) atoms. The molecule has 98 valence electrons. The van der Waals surface area contributed by atoms with Crippen molar-refractivity contribution in [2.75, 3.05) is 14.2 Å². The number of carbonyl (C=O) groups excluding carboxylic acids is 1. The molecular weight excluding hydrogens is 226 g/mol. The molecule has 0 spiro atoms. The highest BCUT2D eigenvalue weighted by Gasteiger charge is 2.32. The molecule has 1 aliphatic rings. The fourth-order valence-corrected chi connectivity index (χ4v) is 1.80. The molecule has 0 aliphatic heterocycles. The number of carboxylic acid groups (broad SMARTS) is 1. The van der Waals surface area contributed by atoms with Crippen LogP contribution in [0.3, 0.4) is 0 Å². The van der Waals surface area contributed by atoms with Crippen LogP contribution in [-0.2, 0) is 14.3 Å². The van der Waals surface area contributed by atoms with Crippen molar-refractivity contribution in [3.63, 3.8) is 0 Å². The minimum absolute atomic E-state index is 0.0938. The van der Waals surface area contributed by atoms with Gasteiger partial charge in [-0.3, -0.25) is 0 Å². The lowest BCUT2D eigenvalue weighted by Gasteiger charge is -2.18. The predicted molar refractivity (Wildman–Crippen MR) is 59.7 cm³/mol. The van der Waals surface area contributed by atoms with Crippen LogP contribution >= 0.6 is 0 Å². The molecule has 0 radical (unpaired) electrons. The van der Waals surface area contributed by atoms with Crippen molar-refractivity contribution in [3.8, 4) is 0 Å². The summed E-state index contributed by atoms with van der Waals surface area (Å²) in [5, 5.41) is 11.2. The second-order valence-electron chi connectivity index (χ2n) is 4.22. The highest BCUT2D eigenvalue weighted by Crippen LogP contribution is 2.36. The van der Waals surface area contributed by atoms with E-state index < -0.39 is 18.1 Å². The van der Waals surface area contributed by atoms with Gasteiger partial charge in [-0.2, -0.15) is 0 Å². The molecule has 1 saturated carbocycles. The Balaban J connectivity index is 2.37. The van der Waals surface area contributed by atoms with Gasteiger partial charge in [-0.25, -0.2) is 9.59 Å². The highest BCUT2D eigenvalue weighted by atomic mass is 16.5. The maximum atomic E-state index is 11.0. The Morgan fingerprint density at radius 1 is 1.35 bits per heavy atom. The van der Waals surface area contributed by atoms with Crippen molar-refractivity contribution < 1.29 is 24.2 Å². The summed E-state index contributed by atoms with van der Waals surface area (Å²) in [6, 6.07) is -0.918. The minimum atomic E-state index is -1.05. The lowest BCUT2D eigenvalue weighted by molar-refractivity contribution is -0.139. The number of aliphatic carboxylic acids is 1. The van der Waals surface area contributed by atoms with Gasteiger partial charge in [-0.15, -0.1) is 0 Å². The van der Waals surface area contributed by atoms with Crippen molar-refractivity contribution >= 4 is 12.1 Å². The van der Waals surface area contributed by atoms with E-state index >= 15 is 0 Å². The average Bonchev–Trinajstić information content (AvgIpc) is 3.12. The van der Waals surface area contributed by atoms with Crippen LogP contribution < -0.4 is 5.32 Å². The number of amides is 1. The van der Waals surface area contributed by atoms with E-state index in [0.29, 0.717) is 18.8 Å². The molecule has 1 amide bonds. The number of methoxy groups -OCH3 is 2. The number of carboxylic acids is 1. The first-order chi connectivity index (χ1) is 8.08. The molecular formula is C11H19NO5. The second kappa shape index (κ2) is 6.44. The first-order valence-electron chi connectivity index (χ1n) is 5.68. The Morgan fingerprint density at radius 2 is 2.00 bits per heavy atom. The van der Waals surface area contributed by atoms with E-state index in [0.717, 1.165) is 12.8 Å².